The Hall–Kier alpha value is -1.88. The lowest BCUT2D eigenvalue weighted by Gasteiger charge is -2.22. The summed E-state index contributed by atoms with van der Waals surface area (Å²) < 4.78 is 0. The monoisotopic (exact) mass is 320 g/mol. The fraction of sp³-hybridized carbons (Fsp3) is 0.556. The van der Waals surface area contributed by atoms with Crippen molar-refractivity contribution in [2.45, 2.75) is 39.2 Å². The minimum Gasteiger partial charge on any atom is -0.351 e. The van der Waals surface area contributed by atoms with Gasteiger partial charge >= 0.3 is 0 Å². The zero-order chi connectivity index (χ0) is 17.5. The normalized spacial score (nSPS) is 14.0. The molecule has 1 unspecified atom stereocenters. The quantitative estimate of drug-likeness (QED) is 0.678. The number of likely N-dealkylation sites (N-methyl/N-ethyl adjacent to an activating group) is 1. The summed E-state index contributed by atoms with van der Waals surface area (Å²) in [6, 6.07) is 10.1. The van der Waals surface area contributed by atoms with Crippen molar-refractivity contribution in [3.8, 4) is 0 Å². The van der Waals surface area contributed by atoms with E-state index in [9.17, 15) is 9.59 Å². The molecule has 0 spiro atoms. The van der Waals surface area contributed by atoms with Gasteiger partial charge in [-0.25, -0.2) is 0 Å². The highest BCUT2D eigenvalue weighted by molar-refractivity contribution is 5.79. The van der Waals surface area contributed by atoms with Gasteiger partial charge in [-0.2, -0.15) is 0 Å². The molecule has 0 aliphatic heterocycles. The van der Waals surface area contributed by atoms with Crippen molar-refractivity contribution >= 4 is 11.8 Å². The Kier molecular flexibility index (Phi) is 7.23. The predicted molar refractivity (Wildman–Crippen MR) is 92.4 cm³/mol. The molecule has 23 heavy (non-hydrogen) atoms. The van der Waals surface area contributed by atoms with Crippen LogP contribution in [0.5, 0.6) is 0 Å². The molecule has 1 aromatic rings. The Bertz CT molecular complexity index is 509. The number of carbonyl (C=O) groups is 2. The molecule has 1 rings (SSSR count). The lowest BCUT2D eigenvalue weighted by atomic mass is 10.0. The number of rotatable bonds is 7. The van der Waals surface area contributed by atoms with Crippen LogP contribution in [0.2, 0.25) is 0 Å². The molecule has 0 aliphatic rings. The molecule has 2 amide bonds. The number of carbonyl (C=O) groups excluding carboxylic acids is 2. The van der Waals surface area contributed by atoms with Gasteiger partial charge < -0.3 is 15.5 Å². The SMILES string of the molecule is C[C@H](CNC(=O)C[NH+](C)CC(=O)NC(C)(C)C)c1ccccc1. The van der Waals surface area contributed by atoms with Gasteiger partial charge in [0.1, 0.15) is 0 Å². The molecule has 0 saturated carbocycles. The highest BCUT2D eigenvalue weighted by atomic mass is 16.2. The van der Waals surface area contributed by atoms with Crippen LogP contribution < -0.4 is 15.5 Å². The standard InChI is InChI=1S/C18H29N3O2/c1-14(15-9-7-6-8-10-15)11-19-16(22)12-21(5)13-17(23)20-18(2,3)4/h6-10,14H,11-13H2,1-5H3,(H,19,22)(H,20,23)/p+1/t14-/m1/s1. The summed E-state index contributed by atoms with van der Waals surface area (Å²) >= 11 is 0. The summed E-state index contributed by atoms with van der Waals surface area (Å²) in [5.74, 6) is 0.193. The topological polar surface area (TPSA) is 62.6 Å². The first-order valence-electron chi connectivity index (χ1n) is 8.11. The third-order valence-electron chi connectivity index (χ3n) is 3.41. The Labute approximate surface area is 139 Å². The Balaban J connectivity index is 2.32. The van der Waals surface area contributed by atoms with Gasteiger partial charge in [-0.05, 0) is 32.3 Å². The molecule has 0 aromatic heterocycles. The Morgan fingerprint density at radius 2 is 1.65 bits per heavy atom. The molecule has 1 aromatic carbocycles. The van der Waals surface area contributed by atoms with E-state index in [2.05, 4.69) is 29.7 Å². The van der Waals surface area contributed by atoms with Crippen molar-refractivity contribution in [3.05, 3.63) is 35.9 Å². The largest absolute Gasteiger partial charge is 0.351 e. The number of benzene rings is 1. The first-order chi connectivity index (χ1) is 10.7. The van der Waals surface area contributed by atoms with Crippen molar-refractivity contribution in [3.63, 3.8) is 0 Å². The number of nitrogens with one attached hydrogen (secondary N) is 3. The van der Waals surface area contributed by atoms with Crippen LogP contribution in [0.1, 0.15) is 39.2 Å². The van der Waals surface area contributed by atoms with E-state index in [0.29, 0.717) is 19.6 Å². The highest BCUT2D eigenvalue weighted by Crippen LogP contribution is 2.12. The third kappa shape index (κ3) is 8.35. The van der Waals surface area contributed by atoms with E-state index in [1.165, 1.54) is 5.56 Å². The van der Waals surface area contributed by atoms with Crippen LogP contribution >= 0.6 is 0 Å². The van der Waals surface area contributed by atoms with Crippen molar-refractivity contribution in [1.82, 2.24) is 10.6 Å². The van der Waals surface area contributed by atoms with Gasteiger partial charge in [0.25, 0.3) is 11.8 Å². The predicted octanol–water partition coefficient (Wildman–Crippen LogP) is 0.336. The second-order valence-electron chi connectivity index (χ2n) is 7.22. The average Bonchev–Trinajstić information content (AvgIpc) is 2.43. The van der Waals surface area contributed by atoms with E-state index in [0.717, 1.165) is 4.90 Å². The summed E-state index contributed by atoms with van der Waals surface area (Å²) in [5, 5.41) is 5.85. The van der Waals surface area contributed by atoms with E-state index in [1.807, 2.05) is 46.0 Å². The van der Waals surface area contributed by atoms with E-state index in [4.69, 9.17) is 0 Å². The maximum absolute atomic E-state index is 12.0. The fourth-order valence-corrected chi connectivity index (χ4v) is 2.30. The summed E-state index contributed by atoms with van der Waals surface area (Å²) in [6.07, 6.45) is 0. The smallest absolute Gasteiger partial charge is 0.275 e. The molecule has 128 valence electrons. The third-order valence-corrected chi connectivity index (χ3v) is 3.41. The zero-order valence-electron chi connectivity index (χ0n) is 14.9. The van der Waals surface area contributed by atoms with Crippen LogP contribution in [0.25, 0.3) is 0 Å². The molecule has 5 heteroatoms. The number of quaternary nitrogens is 1. The molecule has 0 fully saturated rings. The van der Waals surface area contributed by atoms with E-state index in [1.54, 1.807) is 0 Å². The second-order valence-corrected chi connectivity index (χ2v) is 7.22. The highest BCUT2D eigenvalue weighted by Gasteiger charge is 2.19. The Morgan fingerprint density at radius 3 is 2.22 bits per heavy atom. The summed E-state index contributed by atoms with van der Waals surface area (Å²) in [6.45, 7) is 9.10. The minimum absolute atomic E-state index is 0.0335. The molecule has 0 radical (unpaired) electrons. The van der Waals surface area contributed by atoms with Gasteiger partial charge in [0.05, 0.1) is 7.05 Å². The Morgan fingerprint density at radius 1 is 1.09 bits per heavy atom. The van der Waals surface area contributed by atoms with E-state index < -0.39 is 0 Å². The summed E-state index contributed by atoms with van der Waals surface area (Å²) in [7, 11) is 1.85. The van der Waals surface area contributed by atoms with Gasteiger partial charge in [0.15, 0.2) is 13.1 Å². The maximum atomic E-state index is 12.0. The summed E-state index contributed by atoms with van der Waals surface area (Å²) in [4.78, 5) is 24.7. The van der Waals surface area contributed by atoms with Crippen molar-refractivity contribution in [1.29, 1.82) is 0 Å². The van der Waals surface area contributed by atoms with Crippen LogP contribution in [0.4, 0.5) is 0 Å². The van der Waals surface area contributed by atoms with Gasteiger partial charge in [-0.15, -0.1) is 0 Å². The second kappa shape index (κ2) is 8.67. The van der Waals surface area contributed by atoms with Crippen LogP contribution in [-0.4, -0.2) is 44.0 Å². The maximum Gasteiger partial charge on any atom is 0.275 e. The number of hydrogen-bond acceptors (Lipinski definition) is 2. The molecule has 5 nitrogen and oxygen atoms in total. The lowest BCUT2D eigenvalue weighted by molar-refractivity contribution is -0.862. The molecule has 3 N–H and O–H groups in total. The molecule has 0 bridgehead atoms. The van der Waals surface area contributed by atoms with Gasteiger partial charge in [0, 0.05) is 12.1 Å². The zero-order valence-corrected chi connectivity index (χ0v) is 14.9. The number of amides is 2. The number of hydrogen-bond donors (Lipinski definition) is 3. The van der Waals surface area contributed by atoms with Gasteiger partial charge in [-0.3, -0.25) is 9.59 Å². The van der Waals surface area contributed by atoms with Crippen LogP contribution in [0.3, 0.4) is 0 Å². The van der Waals surface area contributed by atoms with E-state index >= 15 is 0 Å². The van der Waals surface area contributed by atoms with Crippen LogP contribution in [0.15, 0.2) is 30.3 Å². The fourth-order valence-electron chi connectivity index (χ4n) is 2.30. The van der Waals surface area contributed by atoms with Crippen molar-refractivity contribution in [2.75, 3.05) is 26.7 Å². The first kappa shape index (κ1) is 19.2. The first-order valence-corrected chi connectivity index (χ1v) is 8.11. The van der Waals surface area contributed by atoms with Crippen molar-refractivity contribution < 1.29 is 14.5 Å². The van der Waals surface area contributed by atoms with Crippen molar-refractivity contribution in [2.24, 2.45) is 0 Å². The molecule has 2 atom stereocenters. The molecule has 0 heterocycles. The molecular formula is C18H30N3O2+. The van der Waals surface area contributed by atoms with Crippen LogP contribution in [-0.2, 0) is 9.59 Å². The average molecular weight is 320 g/mol. The summed E-state index contributed by atoms with van der Waals surface area (Å²) in [5.41, 5.74) is 0.961. The van der Waals surface area contributed by atoms with E-state index in [-0.39, 0.29) is 23.3 Å². The van der Waals surface area contributed by atoms with Gasteiger partial charge in [-0.1, -0.05) is 37.3 Å². The minimum atomic E-state index is -0.245. The molecule has 0 saturated heterocycles. The molecular weight excluding hydrogens is 290 g/mol. The van der Waals surface area contributed by atoms with Gasteiger partial charge in [0.2, 0.25) is 0 Å². The molecule has 0 aliphatic carbocycles. The lowest BCUT2D eigenvalue weighted by Crippen LogP contribution is -3.11. The van der Waals surface area contributed by atoms with Crippen LogP contribution in [0, 0.1) is 0 Å².